The first kappa shape index (κ1) is 13.7. The lowest BCUT2D eigenvalue weighted by Gasteiger charge is -2.20. The van der Waals surface area contributed by atoms with Crippen molar-refractivity contribution in [3.05, 3.63) is 35.9 Å². The molecule has 0 heterocycles. The van der Waals surface area contributed by atoms with Gasteiger partial charge in [0.2, 0.25) is 5.91 Å². The molecule has 0 spiro atoms. The van der Waals surface area contributed by atoms with Gasteiger partial charge >= 0.3 is 0 Å². The Bertz CT molecular complexity index is 337. The molecule has 1 amide bonds. The van der Waals surface area contributed by atoms with E-state index in [1.807, 2.05) is 37.3 Å². The fraction of sp³-hybridized carbons (Fsp3) is 0.500. The highest BCUT2D eigenvalue weighted by Gasteiger charge is 2.19. The van der Waals surface area contributed by atoms with Crippen molar-refractivity contribution in [1.29, 1.82) is 0 Å². The molecule has 0 saturated heterocycles. The molecule has 3 heteroatoms. The summed E-state index contributed by atoms with van der Waals surface area (Å²) in [5.41, 5.74) is 6.40. The minimum absolute atomic E-state index is 0.106. The fourth-order valence-corrected chi connectivity index (χ4v) is 1.72. The maximum absolute atomic E-state index is 11.3. The van der Waals surface area contributed by atoms with Gasteiger partial charge in [-0.1, -0.05) is 50.1 Å². The van der Waals surface area contributed by atoms with Crippen molar-refractivity contribution in [1.82, 2.24) is 0 Å². The molecule has 0 bridgehead atoms. The van der Waals surface area contributed by atoms with Gasteiger partial charge in [-0.2, -0.15) is 0 Å². The molecule has 1 aromatic rings. The van der Waals surface area contributed by atoms with Gasteiger partial charge in [0, 0.05) is 0 Å². The molecular formula is C14H21NO2. The monoisotopic (exact) mass is 235 g/mol. The van der Waals surface area contributed by atoms with E-state index in [0.29, 0.717) is 6.42 Å². The summed E-state index contributed by atoms with van der Waals surface area (Å²) in [6, 6.07) is 9.85. The smallest absolute Gasteiger partial charge is 0.246 e. The van der Waals surface area contributed by atoms with Gasteiger partial charge in [-0.15, -0.1) is 0 Å². The standard InChI is InChI=1S/C14H21NO2/c1-3-4-10-13(14(15)16)17-11(2)12-8-6-5-7-9-12/h5-9,11,13H,3-4,10H2,1-2H3,(H2,15,16). The summed E-state index contributed by atoms with van der Waals surface area (Å²) < 4.78 is 5.73. The van der Waals surface area contributed by atoms with E-state index in [-0.39, 0.29) is 12.0 Å². The summed E-state index contributed by atoms with van der Waals surface area (Å²) in [5, 5.41) is 0. The van der Waals surface area contributed by atoms with E-state index in [4.69, 9.17) is 10.5 Å². The van der Waals surface area contributed by atoms with Crippen LogP contribution in [0.3, 0.4) is 0 Å². The number of hydrogen-bond acceptors (Lipinski definition) is 2. The zero-order valence-electron chi connectivity index (χ0n) is 10.6. The van der Waals surface area contributed by atoms with Crippen molar-refractivity contribution < 1.29 is 9.53 Å². The van der Waals surface area contributed by atoms with Crippen molar-refractivity contribution in [2.24, 2.45) is 5.73 Å². The van der Waals surface area contributed by atoms with Gasteiger partial charge in [-0.3, -0.25) is 4.79 Å². The number of carbonyl (C=O) groups is 1. The highest BCUT2D eigenvalue weighted by molar-refractivity contribution is 5.78. The van der Waals surface area contributed by atoms with E-state index in [2.05, 4.69) is 6.92 Å². The topological polar surface area (TPSA) is 52.3 Å². The molecule has 0 aliphatic rings. The van der Waals surface area contributed by atoms with Crippen LogP contribution in [-0.2, 0) is 9.53 Å². The van der Waals surface area contributed by atoms with Crippen LogP contribution in [0.1, 0.15) is 44.8 Å². The first-order valence-corrected chi connectivity index (χ1v) is 6.14. The zero-order chi connectivity index (χ0) is 12.7. The average Bonchev–Trinajstić information content (AvgIpc) is 2.35. The quantitative estimate of drug-likeness (QED) is 0.790. The number of carbonyl (C=O) groups excluding carboxylic acids is 1. The van der Waals surface area contributed by atoms with E-state index < -0.39 is 6.10 Å². The van der Waals surface area contributed by atoms with Crippen LogP contribution in [0.2, 0.25) is 0 Å². The molecule has 0 radical (unpaired) electrons. The van der Waals surface area contributed by atoms with Crippen molar-refractivity contribution >= 4 is 5.91 Å². The Morgan fingerprint density at radius 1 is 1.35 bits per heavy atom. The summed E-state index contributed by atoms with van der Waals surface area (Å²) in [4.78, 5) is 11.3. The van der Waals surface area contributed by atoms with Crippen LogP contribution in [0.25, 0.3) is 0 Å². The summed E-state index contributed by atoms with van der Waals surface area (Å²) in [6.45, 7) is 4.02. The van der Waals surface area contributed by atoms with Crippen LogP contribution >= 0.6 is 0 Å². The molecule has 1 rings (SSSR count). The van der Waals surface area contributed by atoms with Crippen LogP contribution in [-0.4, -0.2) is 12.0 Å². The summed E-state index contributed by atoms with van der Waals surface area (Å²) >= 11 is 0. The molecule has 0 fully saturated rings. The molecule has 2 atom stereocenters. The van der Waals surface area contributed by atoms with Gasteiger partial charge < -0.3 is 10.5 Å². The number of rotatable bonds is 7. The number of unbranched alkanes of at least 4 members (excludes halogenated alkanes) is 1. The Labute approximate surface area is 103 Å². The van der Waals surface area contributed by atoms with E-state index in [9.17, 15) is 4.79 Å². The summed E-state index contributed by atoms with van der Waals surface area (Å²) in [7, 11) is 0. The summed E-state index contributed by atoms with van der Waals surface area (Å²) in [5.74, 6) is -0.374. The highest BCUT2D eigenvalue weighted by Crippen LogP contribution is 2.20. The Kier molecular flexibility index (Phi) is 5.70. The maximum atomic E-state index is 11.3. The van der Waals surface area contributed by atoms with Crippen molar-refractivity contribution in [3.63, 3.8) is 0 Å². The number of hydrogen-bond donors (Lipinski definition) is 1. The van der Waals surface area contributed by atoms with Crippen LogP contribution in [0.5, 0.6) is 0 Å². The van der Waals surface area contributed by atoms with E-state index in [1.54, 1.807) is 0 Å². The van der Waals surface area contributed by atoms with E-state index >= 15 is 0 Å². The predicted octanol–water partition coefficient (Wildman–Crippen LogP) is 2.81. The molecule has 3 nitrogen and oxygen atoms in total. The molecule has 0 saturated carbocycles. The Morgan fingerprint density at radius 3 is 2.53 bits per heavy atom. The molecule has 0 aliphatic heterocycles. The Morgan fingerprint density at radius 2 is 2.00 bits per heavy atom. The van der Waals surface area contributed by atoms with Gasteiger partial charge in [0.25, 0.3) is 0 Å². The Hall–Kier alpha value is -1.35. The van der Waals surface area contributed by atoms with Crippen molar-refractivity contribution in [2.75, 3.05) is 0 Å². The third-order valence-electron chi connectivity index (χ3n) is 2.77. The highest BCUT2D eigenvalue weighted by atomic mass is 16.5. The Balaban J connectivity index is 2.58. The third-order valence-corrected chi connectivity index (χ3v) is 2.77. The first-order valence-electron chi connectivity index (χ1n) is 6.14. The lowest BCUT2D eigenvalue weighted by Crippen LogP contribution is -2.32. The first-order chi connectivity index (χ1) is 8.15. The molecule has 94 valence electrons. The number of ether oxygens (including phenoxy) is 1. The zero-order valence-corrected chi connectivity index (χ0v) is 10.6. The number of amides is 1. The number of benzene rings is 1. The maximum Gasteiger partial charge on any atom is 0.246 e. The lowest BCUT2D eigenvalue weighted by atomic mass is 10.1. The molecule has 1 aromatic carbocycles. The van der Waals surface area contributed by atoms with Gasteiger partial charge in [-0.25, -0.2) is 0 Å². The van der Waals surface area contributed by atoms with Gasteiger partial charge in [0.1, 0.15) is 6.10 Å². The molecule has 2 unspecified atom stereocenters. The summed E-state index contributed by atoms with van der Waals surface area (Å²) in [6.07, 6.45) is 2.10. The molecular weight excluding hydrogens is 214 g/mol. The minimum Gasteiger partial charge on any atom is -0.367 e. The average molecular weight is 235 g/mol. The van der Waals surface area contributed by atoms with E-state index in [1.165, 1.54) is 0 Å². The van der Waals surface area contributed by atoms with Crippen molar-refractivity contribution in [3.8, 4) is 0 Å². The van der Waals surface area contributed by atoms with Crippen LogP contribution in [0.15, 0.2) is 30.3 Å². The molecule has 0 aliphatic carbocycles. The normalized spacial score (nSPS) is 14.2. The second-order valence-electron chi connectivity index (χ2n) is 4.22. The van der Waals surface area contributed by atoms with Crippen LogP contribution < -0.4 is 5.73 Å². The lowest BCUT2D eigenvalue weighted by molar-refractivity contribution is -0.133. The number of nitrogens with two attached hydrogens (primary N) is 1. The SMILES string of the molecule is CCCCC(OC(C)c1ccccc1)C(N)=O. The predicted molar refractivity (Wildman–Crippen MR) is 68.4 cm³/mol. The second kappa shape index (κ2) is 7.07. The minimum atomic E-state index is -0.481. The van der Waals surface area contributed by atoms with Gasteiger partial charge in [0.15, 0.2) is 0 Å². The largest absolute Gasteiger partial charge is 0.367 e. The second-order valence-corrected chi connectivity index (χ2v) is 4.22. The third kappa shape index (κ3) is 4.57. The van der Waals surface area contributed by atoms with Crippen LogP contribution in [0, 0.1) is 0 Å². The van der Waals surface area contributed by atoms with Crippen LogP contribution in [0.4, 0.5) is 0 Å². The number of primary amides is 1. The molecule has 17 heavy (non-hydrogen) atoms. The molecule has 2 N–H and O–H groups in total. The van der Waals surface area contributed by atoms with E-state index in [0.717, 1.165) is 18.4 Å². The van der Waals surface area contributed by atoms with Crippen molar-refractivity contribution in [2.45, 2.75) is 45.3 Å². The molecule has 0 aromatic heterocycles. The van der Waals surface area contributed by atoms with Gasteiger partial charge in [-0.05, 0) is 18.9 Å². The fourth-order valence-electron chi connectivity index (χ4n) is 1.72. The van der Waals surface area contributed by atoms with Gasteiger partial charge in [0.05, 0.1) is 6.10 Å².